The Kier molecular flexibility index (Phi) is 63.5. The lowest BCUT2D eigenvalue weighted by Crippen LogP contribution is -2.03. The van der Waals surface area contributed by atoms with Crippen molar-refractivity contribution in [3.05, 3.63) is 36.2 Å². The molecule has 0 saturated carbocycles. The molecule has 0 fully saturated rings. The van der Waals surface area contributed by atoms with Gasteiger partial charge in [-0.05, 0) is 26.3 Å². The van der Waals surface area contributed by atoms with Crippen LogP contribution >= 0.6 is 0 Å². The molecule has 4 N–H and O–H groups in total. The lowest BCUT2D eigenvalue weighted by molar-refractivity contribution is 1.18. The van der Waals surface area contributed by atoms with Crippen molar-refractivity contribution in [2.45, 2.75) is 62.3 Å². The van der Waals surface area contributed by atoms with E-state index in [1.54, 1.807) is 13.0 Å². The van der Waals surface area contributed by atoms with Crippen LogP contribution in [0.25, 0.3) is 0 Å². The Labute approximate surface area is 110 Å². The summed E-state index contributed by atoms with van der Waals surface area (Å²) in [6.07, 6.45) is 1.75. The zero-order valence-corrected chi connectivity index (χ0v) is 13.6. The first-order chi connectivity index (χ1) is 7.97. The SMILES string of the molecule is C=C(N)/C(C)=C(/C)N.C=CC.CC.CC.CC. The second kappa shape index (κ2) is 36.4. The third-order valence-corrected chi connectivity index (χ3v) is 1.07. The minimum Gasteiger partial charge on any atom is -0.402 e. The summed E-state index contributed by atoms with van der Waals surface area (Å²) in [5, 5.41) is 0. The van der Waals surface area contributed by atoms with Crippen LogP contribution in [-0.2, 0) is 0 Å². The Morgan fingerprint density at radius 3 is 1.06 bits per heavy atom. The Bertz CT molecular complexity index is 164. The maximum absolute atomic E-state index is 5.38. The van der Waals surface area contributed by atoms with E-state index in [0.29, 0.717) is 5.70 Å². The summed E-state index contributed by atoms with van der Waals surface area (Å²) in [5.41, 5.74) is 12.8. The van der Waals surface area contributed by atoms with Crippen molar-refractivity contribution in [2.75, 3.05) is 0 Å². The Hall–Kier alpha value is -1.18. The molecule has 0 aromatic carbocycles. The van der Waals surface area contributed by atoms with Crippen molar-refractivity contribution >= 4 is 0 Å². The van der Waals surface area contributed by atoms with Crippen molar-refractivity contribution < 1.29 is 0 Å². The highest BCUT2D eigenvalue weighted by atomic mass is 14.6. The van der Waals surface area contributed by atoms with Crippen molar-refractivity contribution in [3.63, 3.8) is 0 Å². The Balaban J connectivity index is -0.0000000448. The average molecular weight is 244 g/mol. The fraction of sp³-hybridized carbons (Fsp3) is 0.600. The highest BCUT2D eigenvalue weighted by molar-refractivity contribution is 5.26. The van der Waals surface area contributed by atoms with Gasteiger partial charge in [0.15, 0.2) is 0 Å². The summed E-state index contributed by atoms with van der Waals surface area (Å²) in [7, 11) is 0. The second-order valence-corrected chi connectivity index (χ2v) is 2.24. The Morgan fingerprint density at radius 1 is 0.882 bits per heavy atom. The van der Waals surface area contributed by atoms with E-state index in [4.69, 9.17) is 11.5 Å². The second-order valence-electron chi connectivity index (χ2n) is 2.24. The molecule has 0 rings (SSSR count). The van der Waals surface area contributed by atoms with Gasteiger partial charge in [-0.15, -0.1) is 6.58 Å². The summed E-state index contributed by atoms with van der Waals surface area (Å²) in [5.74, 6) is 0. The first-order valence-electron chi connectivity index (χ1n) is 6.42. The molecule has 106 valence electrons. The van der Waals surface area contributed by atoms with Crippen molar-refractivity contribution in [1.82, 2.24) is 0 Å². The molecule has 0 amide bonds. The zero-order chi connectivity index (χ0) is 15.4. The van der Waals surface area contributed by atoms with E-state index in [-0.39, 0.29) is 0 Å². The fourth-order valence-corrected chi connectivity index (χ4v) is 0.253. The lowest BCUT2D eigenvalue weighted by Gasteiger charge is -1.99. The summed E-state index contributed by atoms with van der Waals surface area (Å²) >= 11 is 0. The summed E-state index contributed by atoms with van der Waals surface area (Å²) in [4.78, 5) is 0. The van der Waals surface area contributed by atoms with E-state index in [0.717, 1.165) is 11.3 Å². The van der Waals surface area contributed by atoms with Crippen LogP contribution in [0.3, 0.4) is 0 Å². The number of hydrogen-bond acceptors (Lipinski definition) is 2. The van der Waals surface area contributed by atoms with Crippen LogP contribution in [-0.4, -0.2) is 0 Å². The van der Waals surface area contributed by atoms with Crippen LogP contribution in [0.2, 0.25) is 0 Å². The normalized spacial score (nSPS) is 7.82. The molecular formula is C15H36N2. The van der Waals surface area contributed by atoms with Crippen LogP contribution < -0.4 is 11.5 Å². The molecule has 0 unspecified atom stereocenters. The highest BCUT2D eigenvalue weighted by Gasteiger charge is 1.90. The standard InChI is InChI=1S/C6H12N2.C3H6.3C2H6/c1-4(5(2)7)6(3)8;1-3-2;3*1-2/h2,7-8H2,1,3H3;3H,1H2,2H3;3*1-2H3/b6-4-;;;;. The molecule has 0 spiro atoms. The van der Waals surface area contributed by atoms with Gasteiger partial charge in [-0.2, -0.15) is 0 Å². The molecule has 2 nitrogen and oxygen atoms in total. The molecule has 0 atom stereocenters. The largest absolute Gasteiger partial charge is 0.402 e. The quantitative estimate of drug-likeness (QED) is 0.505. The fourth-order valence-electron chi connectivity index (χ4n) is 0.253. The summed E-state index contributed by atoms with van der Waals surface area (Å²) < 4.78 is 0. The van der Waals surface area contributed by atoms with Crippen LogP contribution in [0.15, 0.2) is 36.2 Å². The van der Waals surface area contributed by atoms with Crippen LogP contribution in [0.5, 0.6) is 0 Å². The van der Waals surface area contributed by atoms with Gasteiger partial charge in [-0.3, -0.25) is 0 Å². The van der Waals surface area contributed by atoms with Crippen molar-refractivity contribution in [1.29, 1.82) is 0 Å². The third kappa shape index (κ3) is 52.4. The van der Waals surface area contributed by atoms with Gasteiger partial charge in [0, 0.05) is 11.4 Å². The molecule has 0 heterocycles. The van der Waals surface area contributed by atoms with Crippen molar-refractivity contribution in [3.8, 4) is 0 Å². The molecule has 2 heteroatoms. The maximum Gasteiger partial charge on any atom is 0.0287 e. The van der Waals surface area contributed by atoms with Crippen LogP contribution in [0, 0.1) is 0 Å². The lowest BCUT2D eigenvalue weighted by atomic mass is 10.2. The molecule has 0 bridgehead atoms. The number of rotatable bonds is 1. The van der Waals surface area contributed by atoms with E-state index in [1.165, 1.54) is 0 Å². The smallest absolute Gasteiger partial charge is 0.0287 e. The summed E-state index contributed by atoms with van der Waals surface area (Å²) in [6, 6.07) is 0. The minimum atomic E-state index is 0.546. The van der Waals surface area contributed by atoms with Gasteiger partial charge < -0.3 is 11.5 Å². The van der Waals surface area contributed by atoms with Gasteiger partial charge in [-0.1, -0.05) is 54.2 Å². The molecule has 0 saturated heterocycles. The van der Waals surface area contributed by atoms with Gasteiger partial charge in [0.2, 0.25) is 0 Å². The maximum atomic E-state index is 5.38. The molecule has 0 aliphatic heterocycles. The first kappa shape index (κ1) is 29.7. The van der Waals surface area contributed by atoms with Crippen LogP contribution in [0.4, 0.5) is 0 Å². The highest BCUT2D eigenvalue weighted by Crippen LogP contribution is 2.01. The van der Waals surface area contributed by atoms with Crippen molar-refractivity contribution in [2.24, 2.45) is 11.5 Å². The monoisotopic (exact) mass is 244 g/mol. The van der Waals surface area contributed by atoms with E-state index >= 15 is 0 Å². The predicted octanol–water partition coefficient (Wildman–Crippen LogP) is 4.98. The topological polar surface area (TPSA) is 52.0 Å². The zero-order valence-electron chi connectivity index (χ0n) is 13.6. The molecule has 0 aromatic rings. The minimum absolute atomic E-state index is 0.546. The first-order valence-corrected chi connectivity index (χ1v) is 6.42. The molecular weight excluding hydrogens is 208 g/mol. The van der Waals surface area contributed by atoms with E-state index in [9.17, 15) is 0 Å². The third-order valence-electron chi connectivity index (χ3n) is 1.07. The van der Waals surface area contributed by atoms with Gasteiger partial charge in [-0.25, -0.2) is 0 Å². The van der Waals surface area contributed by atoms with Crippen LogP contribution in [0.1, 0.15) is 62.3 Å². The summed E-state index contributed by atoms with van der Waals surface area (Å²) in [6.45, 7) is 24.4. The number of allylic oxidation sites excluding steroid dienone is 3. The number of nitrogens with two attached hydrogens (primary N) is 2. The van der Waals surface area contributed by atoms with E-state index in [1.807, 2.05) is 55.4 Å². The molecule has 0 aliphatic carbocycles. The average Bonchev–Trinajstić information content (AvgIpc) is 2.36. The van der Waals surface area contributed by atoms with Gasteiger partial charge >= 0.3 is 0 Å². The Morgan fingerprint density at radius 2 is 1.06 bits per heavy atom. The predicted molar refractivity (Wildman–Crippen MR) is 85.8 cm³/mol. The van der Waals surface area contributed by atoms with Gasteiger partial charge in [0.05, 0.1) is 0 Å². The van der Waals surface area contributed by atoms with E-state index < -0.39 is 0 Å². The van der Waals surface area contributed by atoms with E-state index in [2.05, 4.69) is 13.2 Å². The number of hydrogen-bond donors (Lipinski definition) is 2. The van der Waals surface area contributed by atoms with Gasteiger partial charge in [0.1, 0.15) is 0 Å². The molecule has 0 radical (unpaired) electrons. The molecule has 17 heavy (non-hydrogen) atoms. The molecule has 0 aliphatic rings. The molecule has 0 aromatic heterocycles. The van der Waals surface area contributed by atoms with Gasteiger partial charge in [0.25, 0.3) is 0 Å².